The zero-order chi connectivity index (χ0) is 20.0. The molecule has 9 heteroatoms. The number of ketones is 1. The fourth-order valence-electron chi connectivity index (χ4n) is 2.99. The standard InChI is InChI=1S/C18H17Cl2NO5S/c1-3-26-17(23)15-10-13-14(8-9-18(19,20)16(13)22)21(15)27(24,25)12-6-4-11(2)5-7-12/h4-7,10H,3,8-9H2,1-2H3. The van der Waals surface area contributed by atoms with E-state index >= 15 is 0 Å². The number of benzene rings is 1. The Hall–Kier alpha value is -1.83. The molecular weight excluding hydrogens is 413 g/mol. The molecule has 0 radical (unpaired) electrons. The molecule has 2 aromatic rings. The van der Waals surface area contributed by atoms with Gasteiger partial charge in [0.05, 0.1) is 11.5 Å². The minimum atomic E-state index is -4.13. The number of ether oxygens (including phenoxy) is 1. The van der Waals surface area contributed by atoms with E-state index in [1.807, 2.05) is 6.92 Å². The zero-order valence-corrected chi connectivity index (χ0v) is 17.0. The number of carbonyl (C=O) groups excluding carboxylic acids is 2. The van der Waals surface area contributed by atoms with Crippen LogP contribution in [-0.2, 0) is 21.2 Å². The van der Waals surface area contributed by atoms with Crippen LogP contribution < -0.4 is 0 Å². The zero-order valence-electron chi connectivity index (χ0n) is 14.7. The summed E-state index contributed by atoms with van der Waals surface area (Å²) in [7, 11) is -4.13. The Morgan fingerprint density at radius 1 is 1.26 bits per heavy atom. The summed E-state index contributed by atoms with van der Waals surface area (Å²) >= 11 is 12.1. The maximum Gasteiger partial charge on any atom is 0.356 e. The molecule has 0 saturated heterocycles. The molecule has 0 atom stereocenters. The third-order valence-electron chi connectivity index (χ3n) is 4.35. The number of nitrogens with zero attached hydrogens (tertiary/aromatic N) is 1. The van der Waals surface area contributed by atoms with Gasteiger partial charge in [-0.3, -0.25) is 4.79 Å². The number of rotatable bonds is 4. The number of aryl methyl sites for hydroxylation is 1. The van der Waals surface area contributed by atoms with Crippen molar-refractivity contribution < 1.29 is 22.7 Å². The second-order valence-corrected chi connectivity index (χ2v) is 9.50. The van der Waals surface area contributed by atoms with E-state index < -0.39 is 26.1 Å². The Morgan fingerprint density at radius 2 is 1.89 bits per heavy atom. The highest BCUT2D eigenvalue weighted by Crippen LogP contribution is 2.39. The van der Waals surface area contributed by atoms with Crippen LogP contribution in [0.4, 0.5) is 0 Å². The molecule has 1 heterocycles. The molecule has 0 bridgehead atoms. The Bertz CT molecular complexity index is 1020. The van der Waals surface area contributed by atoms with E-state index in [0.29, 0.717) is 0 Å². The van der Waals surface area contributed by atoms with Crippen LogP contribution in [0.1, 0.15) is 45.4 Å². The first-order valence-electron chi connectivity index (χ1n) is 8.26. The number of hydrogen-bond donors (Lipinski definition) is 0. The van der Waals surface area contributed by atoms with E-state index in [1.165, 1.54) is 18.2 Å². The lowest BCUT2D eigenvalue weighted by Crippen LogP contribution is -2.33. The molecule has 144 valence electrons. The van der Waals surface area contributed by atoms with Crippen molar-refractivity contribution in [3.05, 3.63) is 52.8 Å². The summed E-state index contributed by atoms with van der Waals surface area (Å²) in [6.07, 6.45) is 0.163. The number of fused-ring (bicyclic) bond motifs is 1. The summed E-state index contributed by atoms with van der Waals surface area (Å²) in [5.41, 5.74) is 0.839. The van der Waals surface area contributed by atoms with Crippen molar-refractivity contribution >= 4 is 45.0 Å². The average Bonchev–Trinajstić information content (AvgIpc) is 3.00. The Kier molecular flexibility index (Phi) is 5.14. The molecule has 0 fully saturated rings. The maximum absolute atomic E-state index is 13.3. The number of aromatic nitrogens is 1. The lowest BCUT2D eigenvalue weighted by Gasteiger charge is -2.24. The maximum atomic E-state index is 13.3. The highest BCUT2D eigenvalue weighted by molar-refractivity contribution is 7.90. The number of alkyl halides is 2. The van der Waals surface area contributed by atoms with Crippen LogP contribution >= 0.6 is 23.2 Å². The van der Waals surface area contributed by atoms with Crippen LogP contribution in [0.25, 0.3) is 0 Å². The number of Topliss-reactive ketones (excluding diaryl/α,β-unsaturated/α-hetero) is 1. The van der Waals surface area contributed by atoms with Gasteiger partial charge in [-0.15, -0.1) is 0 Å². The Labute approximate surface area is 167 Å². The average molecular weight is 430 g/mol. The van der Waals surface area contributed by atoms with E-state index in [4.69, 9.17) is 27.9 Å². The normalized spacial score (nSPS) is 16.1. The fourth-order valence-corrected chi connectivity index (χ4v) is 4.94. The molecule has 1 aliphatic rings. The topological polar surface area (TPSA) is 82.4 Å². The molecule has 1 aromatic carbocycles. The van der Waals surface area contributed by atoms with Crippen molar-refractivity contribution in [3.8, 4) is 0 Å². The van der Waals surface area contributed by atoms with Gasteiger partial charge in [0, 0.05) is 11.3 Å². The summed E-state index contributed by atoms with van der Waals surface area (Å²) in [6, 6.07) is 7.40. The van der Waals surface area contributed by atoms with Crippen molar-refractivity contribution in [1.29, 1.82) is 0 Å². The first-order valence-corrected chi connectivity index (χ1v) is 10.5. The van der Waals surface area contributed by atoms with Gasteiger partial charge < -0.3 is 4.74 Å². The van der Waals surface area contributed by atoms with E-state index in [-0.39, 0.29) is 41.3 Å². The van der Waals surface area contributed by atoms with Crippen molar-refractivity contribution in [1.82, 2.24) is 3.97 Å². The van der Waals surface area contributed by atoms with Crippen molar-refractivity contribution in [3.63, 3.8) is 0 Å². The molecule has 0 N–H and O–H groups in total. The first kappa shape index (κ1) is 19.9. The summed E-state index contributed by atoms with van der Waals surface area (Å²) in [6.45, 7) is 3.49. The molecule has 0 saturated carbocycles. The minimum absolute atomic E-state index is 0.00178. The predicted octanol–water partition coefficient (Wildman–Crippen LogP) is 3.51. The van der Waals surface area contributed by atoms with Gasteiger partial charge in [0.2, 0.25) is 5.78 Å². The second kappa shape index (κ2) is 6.96. The third kappa shape index (κ3) is 3.39. The highest BCUT2D eigenvalue weighted by Gasteiger charge is 2.43. The van der Waals surface area contributed by atoms with Crippen molar-refractivity contribution in [2.75, 3.05) is 6.61 Å². The van der Waals surface area contributed by atoms with Crippen LogP contribution in [0.3, 0.4) is 0 Å². The fraction of sp³-hybridized carbons (Fsp3) is 0.333. The van der Waals surface area contributed by atoms with Crippen molar-refractivity contribution in [2.45, 2.75) is 35.9 Å². The lowest BCUT2D eigenvalue weighted by molar-refractivity contribution is 0.0518. The second-order valence-electron chi connectivity index (χ2n) is 6.23. The summed E-state index contributed by atoms with van der Waals surface area (Å²) in [5.74, 6) is -1.47. The van der Waals surface area contributed by atoms with Crippen LogP contribution in [0.5, 0.6) is 0 Å². The van der Waals surface area contributed by atoms with Crippen LogP contribution in [0, 0.1) is 6.92 Å². The van der Waals surface area contributed by atoms with Gasteiger partial charge in [-0.05, 0) is 44.9 Å². The monoisotopic (exact) mass is 429 g/mol. The van der Waals surface area contributed by atoms with E-state index in [2.05, 4.69) is 0 Å². The molecular formula is C18H17Cl2NO5S. The van der Waals surface area contributed by atoms with Crippen LogP contribution in [-0.4, -0.2) is 35.1 Å². The first-order chi connectivity index (χ1) is 12.6. The van der Waals surface area contributed by atoms with Gasteiger partial charge in [-0.2, -0.15) is 0 Å². The Balaban J connectivity index is 2.26. The molecule has 0 aliphatic heterocycles. The number of hydrogen-bond acceptors (Lipinski definition) is 5. The number of carbonyl (C=O) groups is 2. The Morgan fingerprint density at radius 3 is 2.48 bits per heavy atom. The molecule has 6 nitrogen and oxygen atoms in total. The third-order valence-corrected chi connectivity index (χ3v) is 6.84. The van der Waals surface area contributed by atoms with Gasteiger partial charge in [-0.1, -0.05) is 40.9 Å². The van der Waals surface area contributed by atoms with Crippen LogP contribution in [0.2, 0.25) is 0 Å². The molecule has 0 spiro atoms. The summed E-state index contributed by atoms with van der Waals surface area (Å²) in [5, 5.41) is 0. The number of esters is 1. The lowest BCUT2D eigenvalue weighted by atomic mass is 9.96. The molecule has 0 amide bonds. The SMILES string of the molecule is CCOC(=O)c1cc2c(n1S(=O)(=O)c1ccc(C)cc1)CCC(Cl)(Cl)C2=O. The van der Waals surface area contributed by atoms with Gasteiger partial charge in [0.15, 0.2) is 4.33 Å². The predicted molar refractivity (Wildman–Crippen MR) is 101 cm³/mol. The molecule has 1 aliphatic carbocycles. The summed E-state index contributed by atoms with van der Waals surface area (Å²) in [4.78, 5) is 25.0. The van der Waals surface area contributed by atoms with E-state index in [1.54, 1.807) is 19.1 Å². The molecule has 0 unspecified atom stereocenters. The van der Waals surface area contributed by atoms with Gasteiger partial charge in [0.25, 0.3) is 10.0 Å². The van der Waals surface area contributed by atoms with Gasteiger partial charge in [-0.25, -0.2) is 17.2 Å². The highest BCUT2D eigenvalue weighted by atomic mass is 35.5. The van der Waals surface area contributed by atoms with Gasteiger partial charge >= 0.3 is 5.97 Å². The quantitative estimate of drug-likeness (QED) is 0.548. The van der Waals surface area contributed by atoms with Crippen molar-refractivity contribution in [2.24, 2.45) is 0 Å². The van der Waals surface area contributed by atoms with Crippen LogP contribution in [0.15, 0.2) is 35.2 Å². The molecule has 27 heavy (non-hydrogen) atoms. The van der Waals surface area contributed by atoms with Gasteiger partial charge in [0.1, 0.15) is 5.69 Å². The van der Waals surface area contributed by atoms with E-state index in [0.717, 1.165) is 9.54 Å². The minimum Gasteiger partial charge on any atom is -0.461 e. The smallest absolute Gasteiger partial charge is 0.356 e. The summed E-state index contributed by atoms with van der Waals surface area (Å²) < 4.78 is 30.7. The largest absolute Gasteiger partial charge is 0.461 e. The number of halogens is 2. The van der Waals surface area contributed by atoms with E-state index in [9.17, 15) is 18.0 Å². The molecule has 1 aromatic heterocycles. The molecule has 3 rings (SSSR count).